The SMILES string of the molecule is N[C@H](C[n+]1ccc(SCC2=C(C(=O)O)N3C(=O)[C@@H](NC(=O)CSc4cc(Cl)ccc4Cl)[C@H]3SC2)cc1)C(=O)O. The highest BCUT2D eigenvalue weighted by molar-refractivity contribution is 8.01. The molecule has 206 valence electrons. The summed E-state index contributed by atoms with van der Waals surface area (Å²) in [5, 5.41) is 22.0. The number of fused-ring (bicyclic) bond motifs is 1. The minimum atomic E-state index is -1.20. The Morgan fingerprint density at radius 2 is 1.90 bits per heavy atom. The van der Waals surface area contributed by atoms with Gasteiger partial charge in [-0.25, -0.2) is 9.36 Å². The van der Waals surface area contributed by atoms with Crippen molar-refractivity contribution in [3.63, 3.8) is 0 Å². The van der Waals surface area contributed by atoms with E-state index in [-0.39, 0.29) is 23.9 Å². The summed E-state index contributed by atoms with van der Waals surface area (Å²) in [5.41, 5.74) is 6.10. The highest BCUT2D eigenvalue weighted by Gasteiger charge is 2.54. The Morgan fingerprint density at radius 1 is 1.18 bits per heavy atom. The number of benzene rings is 1. The van der Waals surface area contributed by atoms with E-state index in [1.54, 1.807) is 47.3 Å². The number of carboxylic acid groups (broad SMARTS) is 2. The van der Waals surface area contributed by atoms with Crippen LogP contribution in [0.25, 0.3) is 0 Å². The minimum Gasteiger partial charge on any atom is -0.480 e. The molecule has 3 atom stereocenters. The molecule has 0 spiro atoms. The predicted octanol–water partition coefficient (Wildman–Crippen LogP) is 2.32. The number of pyridine rings is 1. The number of carbonyl (C=O) groups is 4. The van der Waals surface area contributed by atoms with Gasteiger partial charge in [0.15, 0.2) is 25.0 Å². The fraction of sp³-hybridized carbons (Fsp3) is 0.292. The summed E-state index contributed by atoms with van der Waals surface area (Å²) < 4.78 is 1.65. The number of rotatable bonds is 11. The number of carboxylic acids is 2. The van der Waals surface area contributed by atoms with Crippen LogP contribution in [0.15, 0.2) is 63.8 Å². The summed E-state index contributed by atoms with van der Waals surface area (Å²) in [5.74, 6) is -2.38. The van der Waals surface area contributed by atoms with Crippen LogP contribution < -0.4 is 15.6 Å². The van der Waals surface area contributed by atoms with Gasteiger partial charge in [0, 0.05) is 38.5 Å². The van der Waals surface area contributed by atoms with Gasteiger partial charge in [-0.05, 0) is 23.8 Å². The predicted molar refractivity (Wildman–Crippen MR) is 150 cm³/mol. The normalized spacial score (nSPS) is 19.3. The number of β-lactam (4-membered cyclic amide) rings is 1. The molecule has 2 aliphatic heterocycles. The molecule has 0 bridgehead atoms. The molecule has 4 rings (SSSR count). The molecule has 3 heterocycles. The zero-order valence-electron chi connectivity index (χ0n) is 20.1. The molecule has 1 fully saturated rings. The van der Waals surface area contributed by atoms with Gasteiger partial charge in [0.05, 0.1) is 10.8 Å². The second-order valence-corrected chi connectivity index (χ2v) is 12.6. The first-order valence-electron chi connectivity index (χ1n) is 11.4. The molecule has 0 radical (unpaired) electrons. The Hall–Kier alpha value is -2.42. The second kappa shape index (κ2) is 12.8. The van der Waals surface area contributed by atoms with Crippen LogP contribution in [0.1, 0.15) is 0 Å². The first kappa shape index (κ1) is 29.6. The van der Waals surface area contributed by atoms with Crippen molar-refractivity contribution in [1.29, 1.82) is 0 Å². The van der Waals surface area contributed by atoms with Gasteiger partial charge in [-0.1, -0.05) is 23.2 Å². The largest absolute Gasteiger partial charge is 0.480 e. The quantitative estimate of drug-likeness (QED) is 0.165. The van der Waals surface area contributed by atoms with Crippen LogP contribution in [-0.4, -0.2) is 73.6 Å². The Kier molecular flexibility index (Phi) is 9.73. The van der Waals surface area contributed by atoms with Crippen molar-refractivity contribution in [2.75, 3.05) is 17.3 Å². The lowest BCUT2D eigenvalue weighted by molar-refractivity contribution is -0.697. The van der Waals surface area contributed by atoms with Crippen LogP contribution in [0.3, 0.4) is 0 Å². The number of nitrogens with zero attached hydrogens (tertiary/aromatic N) is 2. The van der Waals surface area contributed by atoms with Gasteiger partial charge >= 0.3 is 11.9 Å². The average molecular weight is 631 g/mol. The fourth-order valence-corrected chi connectivity index (χ4v) is 7.55. The standard InChI is InChI=1S/C24H22Cl2N4O6S3/c25-13-1-2-15(26)17(7-13)38-11-18(31)28-19-21(32)30-20(24(35)36)12(10-39-22(19)30)9-37-14-3-5-29(6-4-14)8-16(27)23(33)34/h1-7,16,19,22H,8-11,27H2,(H2-,28,31,33,34,35,36)/p+1/t16-,19-,22-/m1/s1. The number of hydrogen-bond acceptors (Lipinski definition) is 8. The highest BCUT2D eigenvalue weighted by atomic mass is 35.5. The van der Waals surface area contributed by atoms with Gasteiger partial charge in [0.2, 0.25) is 5.91 Å². The Bertz CT molecular complexity index is 1340. The van der Waals surface area contributed by atoms with E-state index in [2.05, 4.69) is 5.32 Å². The zero-order chi connectivity index (χ0) is 28.3. The van der Waals surface area contributed by atoms with Gasteiger partial charge in [0.1, 0.15) is 17.1 Å². The molecule has 0 aliphatic carbocycles. The number of amides is 2. The minimum absolute atomic E-state index is 0.0179. The van der Waals surface area contributed by atoms with Gasteiger partial charge in [-0.3, -0.25) is 19.3 Å². The van der Waals surface area contributed by atoms with E-state index in [1.165, 1.54) is 40.2 Å². The summed E-state index contributed by atoms with van der Waals surface area (Å²) in [6.07, 6.45) is 3.41. The Labute approximate surface area is 246 Å². The van der Waals surface area contributed by atoms with Gasteiger partial charge in [0.25, 0.3) is 5.91 Å². The average Bonchev–Trinajstić information content (AvgIpc) is 2.91. The molecule has 1 aromatic heterocycles. The number of nitrogens with two attached hydrogens (primary N) is 1. The van der Waals surface area contributed by atoms with E-state index >= 15 is 0 Å². The van der Waals surface area contributed by atoms with Crippen LogP contribution >= 0.6 is 58.5 Å². The van der Waals surface area contributed by atoms with Crippen LogP contribution in [0, 0.1) is 0 Å². The zero-order valence-corrected chi connectivity index (χ0v) is 24.0. The maximum atomic E-state index is 12.9. The van der Waals surface area contributed by atoms with E-state index < -0.39 is 35.3 Å². The maximum absolute atomic E-state index is 12.9. The summed E-state index contributed by atoms with van der Waals surface area (Å²) in [6, 6.07) is 6.67. The molecule has 2 amide bonds. The fourth-order valence-electron chi connectivity index (χ4n) is 3.88. The molecule has 0 unspecified atom stereocenters. The van der Waals surface area contributed by atoms with Gasteiger partial charge in [-0.15, -0.1) is 35.3 Å². The third-order valence-electron chi connectivity index (χ3n) is 5.82. The van der Waals surface area contributed by atoms with Crippen LogP contribution in [0.2, 0.25) is 10.0 Å². The topological polar surface area (TPSA) is 154 Å². The molecule has 39 heavy (non-hydrogen) atoms. The van der Waals surface area contributed by atoms with Crippen molar-refractivity contribution in [2.45, 2.75) is 33.8 Å². The molecule has 0 saturated carbocycles. The molecule has 1 aromatic carbocycles. The van der Waals surface area contributed by atoms with E-state index in [1.807, 2.05) is 0 Å². The lowest BCUT2D eigenvalue weighted by atomic mass is 10.0. The van der Waals surface area contributed by atoms with Crippen molar-refractivity contribution >= 4 is 82.2 Å². The lowest BCUT2D eigenvalue weighted by Crippen LogP contribution is -2.70. The summed E-state index contributed by atoms with van der Waals surface area (Å²) in [7, 11) is 0. The van der Waals surface area contributed by atoms with Crippen LogP contribution in [0.4, 0.5) is 0 Å². The number of halogens is 2. The van der Waals surface area contributed by atoms with Crippen molar-refractivity contribution in [2.24, 2.45) is 5.73 Å². The maximum Gasteiger partial charge on any atom is 0.352 e. The Balaban J connectivity index is 1.35. The summed E-state index contributed by atoms with van der Waals surface area (Å²) in [4.78, 5) is 51.2. The smallest absolute Gasteiger partial charge is 0.352 e. The lowest BCUT2D eigenvalue weighted by Gasteiger charge is -2.49. The van der Waals surface area contributed by atoms with E-state index in [4.69, 9.17) is 34.0 Å². The van der Waals surface area contributed by atoms with E-state index in [9.17, 15) is 24.3 Å². The Morgan fingerprint density at radius 3 is 2.56 bits per heavy atom. The molecule has 1 saturated heterocycles. The monoisotopic (exact) mass is 629 g/mol. The van der Waals surface area contributed by atoms with Crippen molar-refractivity contribution in [3.05, 3.63) is 64.0 Å². The third kappa shape index (κ3) is 7.02. The van der Waals surface area contributed by atoms with Crippen LogP contribution in [-0.2, 0) is 25.7 Å². The molecule has 2 aliphatic rings. The highest BCUT2D eigenvalue weighted by Crippen LogP contribution is 2.41. The molecule has 2 aromatic rings. The van der Waals surface area contributed by atoms with E-state index in [0.717, 1.165) is 4.90 Å². The summed E-state index contributed by atoms with van der Waals surface area (Å²) >= 11 is 16.1. The molecule has 15 heteroatoms. The molecular weight excluding hydrogens is 607 g/mol. The molecular formula is C24H23Cl2N4O6S3+. The van der Waals surface area contributed by atoms with Gasteiger partial charge in [-0.2, -0.15) is 0 Å². The second-order valence-electron chi connectivity index (χ2n) is 8.54. The number of aromatic nitrogens is 1. The molecule has 5 N–H and O–H groups in total. The number of thioether (sulfide) groups is 3. The molecule has 10 nitrogen and oxygen atoms in total. The number of nitrogens with one attached hydrogen (secondary N) is 1. The van der Waals surface area contributed by atoms with Crippen molar-refractivity contribution < 1.29 is 34.0 Å². The van der Waals surface area contributed by atoms with Crippen LogP contribution in [0.5, 0.6) is 0 Å². The summed E-state index contributed by atoms with van der Waals surface area (Å²) in [6.45, 7) is 0.119. The number of aliphatic carboxylic acids is 2. The number of carbonyl (C=O) groups excluding carboxylic acids is 2. The van der Waals surface area contributed by atoms with Crippen molar-refractivity contribution in [1.82, 2.24) is 10.2 Å². The first-order valence-corrected chi connectivity index (χ1v) is 15.2. The first-order chi connectivity index (χ1) is 18.5. The van der Waals surface area contributed by atoms with E-state index in [0.29, 0.717) is 32.0 Å². The van der Waals surface area contributed by atoms with Gasteiger partial charge < -0.3 is 21.3 Å². The van der Waals surface area contributed by atoms with Crippen molar-refractivity contribution in [3.8, 4) is 0 Å². The third-order valence-corrected chi connectivity index (χ3v) is 9.99. The number of hydrogen-bond donors (Lipinski definition) is 4.